The number of amides is 2. The molecule has 1 heterocycles. The van der Waals surface area contributed by atoms with E-state index in [1.807, 2.05) is 31.2 Å². The van der Waals surface area contributed by atoms with Crippen LogP contribution in [0.25, 0.3) is 0 Å². The van der Waals surface area contributed by atoms with Gasteiger partial charge in [-0.2, -0.15) is 0 Å². The number of anilines is 1. The van der Waals surface area contributed by atoms with E-state index in [4.69, 9.17) is 4.74 Å². The van der Waals surface area contributed by atoms with Gasteiger partial charge in [-0.25, -0.2) is 9.59 Å². The Labute approximate surface area is 169 Å². The SMILES string of the molecule is COC(=O)C1CC(C)(C(=O)O)N(C(=O)Nc2ccccc2)C1c1cccc(C)c1. The lowest BCUT2D eigenvalue weighted by Gasteiger charge is -2.35. The number of hydrogen-bond acceptors (Lipinski definition) is 4. The van der Waals surface area contributed by atoms with Crippen LogP contribution in [-0.2, 0) is 14.3 Å². The van der Waals surface area contributed by atoms with Gasteiger partial charge in [-0.3, -0.25) is 4.79 Å². The number of carboxylic acids is 1. The minimum atomic E-state index is -1.58. The van der Waals surface area contributed by atoms with Crippen molar-refractivity contribution in [2.75, 3.05) is 12.4 Å². The van der Waals surface area contributed by atoms with Gasteiger partial charge in [0.25, 0.3) is 0 Å². The van der Waals surface area contributed by atoms with Gasteiger partial charge in [0.05, 0.1) is 19.1 Å². The Morgan fingerprint density at radius 1 is 1.14 bits per heavy atom. The Balaban J connectivity index is 2.10. The molecule has 3 unspecified atom stereocenters. The summed E-state index contributed by atoms with van der Waals surface area (Å²) in [5.74, 6) is -2.52. The molecule has 2 aromatic rings. The van der Waals surface area contributed by atoms with Crippen LogP contribution in [0, 0.1) is 12.8 Å². The van der Waals surface area contributed by atoms with Gasteiger partial charge >= 0.3 is 18.0 Å². The number of carboxylic acid groups (broad SMARTS) is 1. The molecule has 0 bridgehead atoms. The zero-order valence-corrected chi connectivity index (χ0v) is 16.6. The predicted octanol–water partition coefficient (Wildman–Crippen LogP) is 3.61. The number of benzene rings is 2. The second-order valence-corrected chi connectivity index (χ2v) is 7.44. The lowest BCUT2D eigenvalue weighted by Crippen LogP contribution is -2.53. The van der Waals surface area contributed by atoms with E-state index in [2.05, 4.69) is 5.32 Å². The number of hydrogen-bond donors (Lipinski definition) is 2. The third kappa shape index (κ3) is 3.81. The van der Waals surface area contributed by atoms with E-state index in [0.29, 0.717) is 11.3 Å². The topological polar surface area (TPSA) is 95.9 Å². The standard InChI is InChI=1S/C22H24N2O5/c1-14-8-7-9-15(12-14)18-17(19(25)29-3)13-22(2,20(26)27)24(18)21(28)23-16-10-5-4-6-11-16/h4-12,17-18H,13H2,1-3H3,(H,23,28)(H,26,27). The fraction of sp³-hybridized carbons (Fsp3) is 0.318. The lowest BCUT2D eigenvalue weighted by atomic mass is 9.90. The van der Waals surface area contributed by atoms with Gasteiger partial charge < -0.3 is 20.1 Å². The number of aliphatic carboxylic acids is 1. The third-order valence-electron chi connectivity index (χ3n) is 5.40. The van der Waals surface area contributed by atoms with Gasteiger partial charge in [0.15, 0.2) is 0 Å². The van der Waals surface area contributed by atoms with Crippen molar-refractivity contribution in [3.63, 3.8) is 0 Å². The molecule has 7 heteroatoms. The number of nitrogens with zero attached hydrogens (tertiary/aromatic N) is 1. The van der Waals surface area contributed by atoms with E-state index in [1.165, 1.54) is 18.9 Å². The lowest BCUT2D eigenvalue weighted by molar-refractivity contribution is -0.147. The number of rotatable bonds is 4. The molecule has 29 heavy (non-hydrogen) atoms. The van der Waals surface area contributed by atoms with Crippen LogP contribution >= 0.6 is 0 Å². The smallest absolute Gasteiger partial charge is 0.329 e. The van der Waals surface area contributed by atoms with Crippen molar-refractivity contribution >= 4 is 23.7 Å². The fourth-order valence-electron chi connectivity index (χ4n) is 3.97. The molecule has 0 aliphatic carbocycles. The number of methoxy groups -OCH3 is 1. The first-order valence-corrected chi connectivity index (χ1v) is 9.31. The zero-order valence-electron chi connectivity index (χ0n) is 16.6. The molecule has 0 aromatic heterocycles. The number of para-hydroxylation sites is 1. The molecule has 2 aromatic carbocycles. The second-order valence-electron chi connectivity index (χ2n) is 7.44. The summed E-state index contributed by atoms with van der Waals surface area (Å²) in [5, 5.41) is 12.7. The van der Waals surface area contributed by atoms with Crippen LogP contribution in [0.4, 0.5) is 10.5 Å². The van der Waals surface area contributed by atoms with Crippen LogP contribution in [0.15, 0.2) is 54.6 Å². The van der Waals surface area contributed by atoms with Gasteiger partial charge in [0, 0.05) is 5.69 Å². The first-order valence-electron chi connectivity index (χ1n) is 9.31. The van der Waals surface area contributed by atoms with Crippen molar-refractivity contribution < 1.29 is 24.2 Å². The number of likely N-dealkylation sites (tertiary alicyclic amines) is 1. The molecule has 2 N–H and O–H groups in total. The van der Waals surface area contributed by atoms with E-state index in [0.717, 1.165) is 5.56 Å². The molecular formula is C22H24N2O5. The number of carbonyl (C=O) groups excluding carboxylic acids is 2. The monoisotopic (exact) mass is 396 g/mol. The van der Waals surface area contributed by atoms with Crippen LogP contribution < -0.4 is 5.32 Å². The quantitative estimate of drug-likeness (QED) is 0.770. The molecule has 1 saturated heterocycles. The Hall–Kier alpha value is -3.35. The molecule has 0 saturated carbocycles. The fourth-order valence-corrected chi connectivity index (χ4v) is 3.97. The van der Waals surface area contributed by atoms with Crippen LogP contribution in [0.3, 0.4) is 0 Å². The number of carbonyl (C=O) groups is 3. The highest BCUT2D eigenvalue weighted by molar-refractivity contribution is 5.96. The molecule has 0 spiro atoms. The van der Waals surface area contributed by atoms with Crippen molar-refractivity contribution in [2.45, 2.75) is 31.8 Å². The number of urea groups is 1. The van der Waals surface area contributed by atoms with Gasteiger partial charge in [0.1, 0.15) is 5.54 Å². The van der Waals surface area contributed by atoms with Crippen molar-refractivity contribution in [1.29, 1.82) is 0 Å². The number of ether oxygens (including phenoxy) is 1. The summed E-state index contributed by atoms with van der Waals surface area (Å²) in [6, 6.07) is 14.8. The Kier molecular flexibility index (Phi) is 5.59. The average molecular weight is 396 g/mol. The Bertz CT molecular complexity index is 930. The highest BCUT2D eigenvalue weighted by Crippen LogP contribution is 2.48. The number of nitrogens with one attached hydrogen (secondary N) is 1. The Morgan fingerprint density at radius 3 is 2.41 bits per heavy atom. The first-order chi connectivity index (χ1) is 13.8. The third-order valence-corrected chi connectivity index (χ3v) is 5.40. The molecule has 1 aliphatic heterocycles. The minimum Gasteiger partial charge on any atom is -0.480 e. The van der Waals surface area contributed by atoms with Gasteiger partial charge in [0.2, 0.25) is 0 Å². The predicted molar refractivity (Wildman–Crippen MR) is 107 cm³/mol. The van der Waals surface area contributed by atoms with Gasteiger partial charge in [-0.15, -0.1) is 0 Å². The zero-order chi connectivity index (χ0) is 21.2. The molecule has 1 fully saturated rings. The minimum absolute atomic E-state index is 0.0458. The van der Waals surface area contributed by atoms with Crippen molar-refractivity contribution in [1.82, 2.24) is 4.90 Å². The highest BCUT2D eigenvalue weighted by atomic mass is 16.5. The van der Waals surface area contributed by atoms with Gasteiger partial charge in [-0.05, 0) is 38.0 Å². The number of aryl methyl sites for hydroxylation is 1. The van der Waals surface area contributed by atoms with Crippen molar-refractivity contribution in [2.24, 2.45) is 5.92 Å². The summed E-state index contributed by atoms with van der Waals surface area (Å²) in [7, 11) is 1.26. The Morgan fingerprint density at radius 2 is 1.83 bits per heavy atom. The first kappa shape index (κ1) is 20.4. The molecule has 7 nitrogen and oxygen atoms in total. The second kappa shape index (κ2) is 7.95. The molecule has 0 radical (unpaired) electrons. The summed E-state index contributed by atoms with van der Waals surface area (Å²) in [4.78, 5) is 39.3. The van der Waals surface area contributed by atoms with E-state index in [1.54, 1.807) is 30.3 Å². The summed E-state index contributed by atoms with van der Waals surface area (Å²) < 4.78 is 4.95. The maximum atomic E-state index is 13.3. The van der Waals surface area contributed by atoms with Crippen molar-refractivity contribution in [3.8, 4) is 0 Å². The molecule has 2 amide bonds. The van der Waals surface area contributed by atoms with E-state index in [-0.39, 0.29) is 6.42 Å². The van der Waals surface area contributed by atoms with Crippen LogP contribution in [0.1, 0.15) is 30.5 Å². The summed E-state index contributed by atoms with van der Waals surface area (Å²) in [6.07, 6.45) is -0.0458. The summed E-state index contributed by atoms with van der Waals surface area (Å²) >= 11 is 0. The molecule has 152 valence electrons. The average Bonchev–Trinajstić information content (AvgIpc) is 3.03. The van der Waals surface area contributed by atoms with Crippen LogP contribution in [-0.4, -0.2) is 40.6 Å². The summed E-state index contributed by atoms with van der Waals surface area (Å²) in [5.41, 5.74) is 0.591. The summed E-state index contributed by atoms with van der Waals surface area (Å²) in [6.45, 7) is 3.36. The molecular weight excluding hydrogens is 372 g/mol. The molecule has 3 atom stereocenters. The largest absolute Gasteiger partial charge is 0.480 e. The molecule has 3 rings (SSSR count). The van der Waals surface area contributed by atoms with E-state index in [9.17, 15) is 19.5 Å². The maximum Gasteiger partial charge on any atom is 0.329 e. The van der Waals surface area contributed by atoms with Crippen LogP contribution in [0.2, 0.25) is 0 Å². The number of esters is 1. The highest BCUT2D eigenvalue weighted by Gasteiger charge is 2.58. The normalized spacial score (nSPS) is 23.5. The van der Waals surface area contributed by atoms with E-state index >= 15 is 0 Å². The maximum absolute atomic E-state index is 13.3. The van der Waals surface area contributed by atoms with Gasteiger partial charge in [-0.1, -0.05) is 48.0 Å². The molecule has 1 aliphatic rings. The van der Waals surface area contributed by atoms with Crippen molar-refractivity contribution in [3.05, 3.63) is 65.7 Å². The van der Waals surface area contributed by atoms with Crippen LogP contribution in [0.5, 0.6) is 0 Å². The van der Waals surface area contributed by atoms with E-state index < -0.39 is 35.5 Å².